The second-order valence-electron chi connectivity index (χ2n) is 4.89. The predicted molar refractivity (Wildman–Crippen MR) is 85.8 cm³/mol. The van der Waals surface area contributed by atoms with Crippen LogP contribution in [0.25, 0.3) is 0 Å². The lowest BCUT2D eigenvalue weighted by Gasteiger charge is -2.18. The molecule has 5 heteroatoms. The first-order chi connectivity index (χ1) is 10.1. The molecule has 0 radical (unpaired) electrons. The number of nitrogens with zero attached hydrogens (tertiary/aromatic N) is 1. The Bertz CT molecular complexity index is 610. The third-order valence-corrected chi connectivity index (χ3v) is 4.29. The Morgan fingerprint density at radius 1 is 1.38 bits per heavy atom. The third kappa shape index (κ3) is 4.23. The van der Waals surface area contributed by atoms with Gasteiger partial charge in [-0.1, -0.05) is 12.1 Å². The number of methoxy groups -OCH3 is 1. The number of carbonyl (C=O) groups is 1. The fourth-order valence-corrected chi connectivity index (χ4v) is 2.84. The topological polar surface area (TPSA) is 41.6 Å². The van der Waals surface area contributed by atoms with Crippen LogP contribution in [-0.2, 0) is 13.1 Å². The summed E-state index contributed by atoms with van der Waals surface area (Å²) < 4.78 is 5.19. The Hall–Kier alpha value is -2.01. The Morgan fingerprint density at radius 2 is 2.19 bits per heavy atom. The maximum Gasteiger partial charge on any atom is 0.317 e. The lowest BCUT2D eigenvalue weighted by atomic mass is 10.2. The molecule has 0 saturated heterocycles. The average Bonchev–Trinajstić information content (AvgIpc) is 2.90. The SMILES string of the molecule is COc1cccc(CN(C)C(=O)NCc2sccc2C)c1. The van der Waals surface area contributed by atoms with Crippen molar-refractivity contribution in [3.05, 3.63) is 51.7 Å². The van der Waals surface area contributed by atoms with Crippen LogP contribution in [0.2, 0.25) is 0 Å². The summed E-state index contributed by atoms with van der Waals surface area (Å²) in [6.07, 6.45) is 0. The first kappa shape index (κ1) is 15.4. The van der Waals surface area contributed by atoms with Crippen molar-refractivity contribution in [3.63, 3.8) is 0 Å². The number of thiophene rings is 1. The molecule has 0 spiro atoms. The highest BCUT2D eigenvalue weighted by atomic mass is 32.1. The average molecular weight is 304 g/mol. The van der Waals surface area contributed by atoms with E-state index in [0.717, 1.165) is 11.3 Å². The van der Waals surface area contributed by atoms with E-state index in [2.05, 4.69) is 18.3 Å². The molecule has 1 N–H and O–H groups in total. The Labute approximate surface area is 129 Å². The van der Waals surface area contributed by atoms with Crippen LogP contribution in [0.1, 0.15) is 16.0 Å². The van der Waals surface area contributed by atoms with Crippen LogP contribution < -0.4 is 10.1 Å². The van der Waals surface area contributed by atoms with Gasteiger partial charge in [0.1, 0.15) is 5.75 Å². The van der Waals surface area contributed by atoms with Gasteiger partial charge >= 0.3 is 6.03 Å². The van der Waals surface area contributed by atoms with Crippen LogP contribution >= 0.6 is 11.3 Å². The zero-order valence-electron chi connectivity index (χ0n) is 12.6. The van der Waals surface area contributed by atoms with E-state index in [1.807, 2.05) is 29.6 Å². The number of carbonyl (C=O) groups excluding carboxylic acids is 1. The molecule has 0 aliphatic rings. The number of amides is 2. The van der Waals surface area contributed by atoms with Crippen molar-refractivity contribution in [2.45, 2.75) is 20.0 Å². The van der Waals surface area contributed by atoms with Crippen molar-refractivity contribution in [3.8, 4) is 5.75 Å². The number of aryl methyl sites for hydroxylation is 1. The number of rotatable bonds is 5. The van der Waals surface area contributed by atoms with E-state index in [0.29, 0.717) is 13.1 Å². The van der Waals surface area contributed by atoms with Gasteiger partial charge in [-0.15, -0.1) is 11.3 Å². The fraction of sp³-hybridized carbons (Fsp3) is 0.312. The maximum atomic E-state index is 12.1. The van der Waals surface area contributed by atoms with E-state index in [-0.39, 0.29) is 6.03 Å². The standard InChI is InChI=1S/C16H20N2O2S/c1-12-7-8-21-15(12)10-17-16(19)18(2)11-13-5-4-6-14(9-13)20-3/h4-9H,10-11H2,1-3H3,(H,17,19). The van der Waals surface area contributed by atoms with Gasteiger partial charge in [0.15, 0.2) is 0 Å². The summed E-state index contributed by atoms with van der Waals surface area (Å²) in [6.45, 7) is 3.18. The lowest BCUT2D eigenvalue weighted by molar-refractivity contribution is 0.206. The van der Waals surface area contributed by atoms with E-state index in [1.165, 1.54) is 10.4 Å². The smallest absolute Gasteiger partial charge is 0.317 e. The molecule has 0 saturated carbocycles. The molecule has 4 nitrogen and oxygen atoms in total. The number of benzene rings is 1. The molecule has 0 unspecified atom stereocenters. The molecule has 0 atom stereocenters. The van der Waals surface area contributed by atoms with Crippen molar-refractivity contribution >= 4 is 17.4 Å². The first-order valence-electron chi connectivity index (χ1n) is 6.75. The van der Waals surface area contributed by atoms with Crippen LogP contribution in [0.5, 0.6) is 5.75 Å². The second-order valence-corrected chi connectivity index (χ2v) is 5.89. The summed E-state index contributed by atoms with van der Waals surface area (Å²) >= 11 is 1.66. The Morgan fingerprint density at radius 3 is 2.86 bits per heavy atom. The summed E-state index contributed by atoms with van der Waals surface area (Å²) in [7, 11) is 3.43. The van der Waals surface area contributed by atoms with Crippen LogP contribution in [0, 0.1) is 6.92 Å². The molecular weight excluding hydrogens is 284 g/mol. The van der Waals surface area contributed by atoms with E-state index < -0.39 is 0 Å². The van der Waals surface area contributed by atoms with Gasteiger partial charge in [0.25, 0.3) is 0 Å². The Kier molecular flexibility index (Phi) is 5.22. The minimum Gasteiger partial charge on any atom is -0.497 e. The van der Waals surface area contributed by atoms with Crippen molar-refractivity contribution in [2.75, 3.05) is 14.2 Å². The van der Waals surface area contributed by atoms with E-state index >= 15 is 0 Å². The van der Waals surface area contributed by atoms with Gasteiger partial charge in [0.05, 0.1) is 13.7 Å². The molecule has 1 aromatic heterocycles. The third-order valence-electron chi connectivity index (χ3n) is 3.27. The first-order valence-corrected chi connectivity index (χ1v) is 7.63. The van der Waals surface area contributed by atoms with Gasteiger partial charge in [-0.3, -0.25) is 0 Å². The van der Waals surface area contributed by atoms with Gasteiger partial charge in [0.2, 0.25) is 0 Å². The summed E-state index contributed by atoms with van der Waals surface area (Å²) in [4.78, 5) is 15.0. The molecule has 1 aromatic carbocycles. The Balaban J connectivity index is 1.88. The van der Waals surface area contributed by atoms with Crippen LogP contribution in [-0.4, -0.2) is 25.1 Å². The van der Waals surface area contributed by atoms with Crippen molar-refractivity contribution in [1.82, 2.24) is 10.2 Å². The molecule has 21 heavy (non-hydrogen) atoms. The number of hydrogen-bond acceptors (Lipinski definition) is 3. The highest BCUT2D eigenvalue weighted by Gasteiger charge is 2.10. The summed E-state index contributed by atoms with van der Waals surface area (Å²) in [5, 5.41) is 4.98. The van der Waals surface area contributed by atoms with E-state index in [1.54, 1.807) is 30.4 Å². The number of ether oxygens (including phenoxy) is 1. The molecule has 0 aliphatic carbocycles. The minimum atomic E-state index is -0.0781. The fourth-order valence-electron chi connectivity index (χ4n) is 1.99. The summed E-state index contributed by atoms with van der Waals surface area (Å²) in [6, 6.07) is 9.72. The lowest BCUT2D eigenvalue weighted by Crippen LogP contribution is -2.36. The number of nitrogens with one attached hydrogen (secondary N) is 1. The zero-order chi connectivity index (χ0) is 15.2. The second kappa shape index (κ2) is 7.13. The highest BCUT2D eigenvalue weighted by molar-refractivity contribution is 7.10. The van der Waals surface area contributed by atoms with Crippen LogP contribution in [0.3, 0.4) is 0 Å². The van der Waals surface area contributed by atoms with Gasteiger partial charge in [-0.2, -0.15) is 0 Å². The summed E-state index contributed by atoms with van der Waals surface area (Å²) in [5.74, 6) is 0.801. The molecule has 0 aliphatic heterocycles. The molecule has 112 valence electrons. The molecule has 0 bridgehead atoms. The molecule has 2 amide bonds. The monoisotopic (exact) mass is 304 g/mol. The molecule has 1 heterocycles. The zero-order valence-corrected chi connectivity index (χ0v) is 13.4. The van der Waals surface area contributed by atoms with Crippen molar-refractivity contribution in [2.24, 2.45) is 0 Å². The number of hydrogen-bond donors (Lipinski definition) is 1. The minimum absolute atomic E-state index is 0.0781. The normalized spacial score (nSPS) is 10.2. The van der Waals surface area contributed by atoms with E-state index in [4.69, 9.17) is 4.74 Å². The van der Waals surface area contributed by atoms with Crippen molar-refractivity contribution in [1.29, 1.82) is 0 Å². The van der Waals surface area contributed by atoms with Crippen LogP contribution in [0.15, 0.2) is 35.7 Å². The summed E-state index contributed by atoms with van der Waals surface area (Å²) in [5.41, 5.74) is 2.26. The van der Waals surface area contributed by atoms with Gasteiger partial charge in [-0.25, -0.2) is 4.79 Å². The van der Waals surface area contributed by atoms with E-state index in [9.17, 15) is 4.79 Å². The quantitative estimate of drug-likeness (QED) is 0.920. The molecule has 2 rings (SSSR count). The molecule has 0 fully saturated rings. The molecular formula is C16H20N2O2S. The largest absolute Gasteiger partial charge is 0.497 e. The van der Waals surface area contributed by atoms with Gasteiger partial charge in [0, 0.05) is 18.5 Å². The van der Waals surface area contributed by atoms with Crippen LogP contribution in [0.4, 0.5) is 4.79 Å². The van der Waals surface area contributed by atoms with Gasteiger partial charge in [-0.05, 0) is 41.6 Å². The van der Waals surface area contributed by atoms with Gasteiger partial charge < -0.3 is 15.0 Å². The highest BCUT2D eigenvalue weighted by Crippen LogP contribution is 2.16. The predicted octanol–water partition coefficient (Wildman–Crippen LogP) is 3.41. The number of urea groups is 1. The molecule has 2 aromatic rings. The maximum absolute atomic E-state index is 12.1. The van der Waals surface area contributed by atoms with Crippen molar-refractivity contribution < 1.29 is 9.53 Å².